The number of hydrogen-bond donors (Lipinski definition) is 0. The highest BCUT2D eigenvalue weighted by atomic mass is 16.1. The van der Waals surface area contributed by atoms with Crippen LogP contribution in [0.4, 0.5) is 0 Å². The Hall–Kier alpha value is -1.84. The van der Waals surface area contributed by atoms with Crippen LogP contribution < -0.4 is 5.56 Å². The van der Waals surface area contributed by atoms with Crippen LogP contribution in [0.5, 0.6) is 0 Å². The zero-order chi connectivity index (χ0) is 12.4. The van der Waals surface area contributed by atoms with Gasteiger partial charge >= 0.3 is 0 Å². The largest absolute Gasteiger partial charge is 0.309 e. The van der Waals surface area contributed by atoms with Crippen molar-refractivity contribution >= 4 is 0 Å². The number of pyridine rings is 1. The summed E-state index contributed by atoms with van der Waals surface area (Å²) in [6.45, 7) is 7.25. The first kappa shape index (κ1) is 11.6. The van der Waals surface area contributed by atoms with Crippen LogP contribution in [0.1, 0.15) is 23.9 Å². The average molecular weight is 231 g/mol. The van der Waals surface area contributed by atoms with Crippen molar-refractivity contribution in [2.75, 3.05) is 0 Å². The lowest BCUT2D eigenvalue weighted by molar-refractivity contribution is 0.591. The summed E-state index contributed by atoms with van der Waals surface area (Å²) in [6, 6.07) is 5.76. The van der Waals surface area contributed by atoms with Gasteiger partial charge in [-0.1, -0.05) is 6.07 Å². The number of aromatic nitrogens is 3. The Bertz CT molecular complexity index is 581. The summed E-state index contributed by atoms with van der Waals surface area (Å²) < 4.78 is 3.65. The third-order valence-corrected chi connectivity index (χ3v) is 2.83. The van der Waals surface area contributed by atoms with Gasteiger partial charge in [0.05, 0.1) is 17.9 Å². The Kier molecular flexibility index (Phi) is 3.13. The minimum atomic E-state index is 0.0639. The number of aryl methyl sites for hydroxylation is 3. The highest BCUT2D eigenvalue weighted by molar-refractivity contribution is 5.12. The van der Waals surface area contributed by atoms with Gasteiger partial charge in [-0.2, -0.15) is 5.10 Å². The van der Waals surface area contributed by atoms with E-state index < -0.39 is 0 Å². The molecular weight excluding hydrogens is 214 g/mol. The fourth-order valence-electron chi connectivity index (χ4n) is 1.96. The van der Waals surface area contributed by atoms with Gasteiger partial charge in [-0.3, -0.25) is 9.48 Å². The summed E-state index contributed by atoms with van der Waals surface area (Å²) in [5.74, 6) is 0. The summed E-state index contributed by atoms with van der Waals surface area (Å²) in [6.07, 6.45) is 1.82. The molecule has 4 nitrogen and oxygen atoms in total. The summed E-state index contributed by atoms with van der Waals surface area (Å²) >= 11 is 0. The van der Waals surface area contributed by atoms with Gasteiger partial charge in [-0.15, -0.1) is 0 Å². The molecule has 0 N–H and O–H groups in total. The summed E-state index contributed by atoms with van der Waals surface area (Å²) in [4.78, 5) is 11.9. The Morgan fingerprint density at radius 1 is 1.35 bits per heavy atom. The van der Waals surface area contributed by atoms with Gasteiger partial charge in [0.25, 0.3) is 5.56 Å². The first-order chi connectivity index (χ1) is 8.11. The molecule has 2 aromatic rings. The molecule has 0 saturated carbocycles. The van der Waals surface area contributed by atoms with E-state index in [0.29, 0.717) is 6.54 Å². The van der Waals surface area contributed by atoms with Gasteiger partial charge < -0.3 is 4.57 Å². The molecule has 2 rings (SSSR count). The van der Waals surface area contributed by atoms with E-state index >= 15 is 0 Å². The molecule has 0 atom stereocenters. The van der Waals surface area contributed by atoms with E-state index in [-0.39, 0.29) is 5.56 Å². The molecule has 0 aliphatic rings. The predicted octanol–water partition coefficient (Wildman–Crippen LogP) is 1.73. The van der Waals surface area contributed by atoms with Crippen LogP contribution in [-0.4, -0.2) is 14.3 Å². The lowest BCUT2D eigenvalue weighted by atomic mass is 10.3. The van der Waals surface area contributed by atoms with Crippen molar-refractivity contribution in [2.45, 2.75) is 33.9 Å². The van der Waals surface area contributed by atoms with Crippen molar-refractivity contribution in [1.82, 2.24) is 14.3 Å². The van der Waals surface area contributed by atoms with Crippen LogP contribution in [-0.2, 0) is 13.1 Å². The van der Waals surface area contributed by atoms with Crippen molar-refractivity contribution in [3.8, 4) is 0 Å². The maximum atomic E-state index is 11.9. The van der Waals surface area contributed by atoms with E-state index in [4.69, 9.17) is 0 Å². The second kappa shape index (κ2) is 4.57. The maximum Gasteiger partial charge on any atom is 0.253 e. The fraction of sp³-hybridized carbons (Fsp3) is 0.385. The number of nitrogens with zero attached hydrogens (tertiary/aromatic N) is 3. The van der Waals surface area contributed by atoms with Gasteiger partial charge in [0.15, 0.2) is 0 Å². The first-order valence-corrected chi connectivity index (χ1v) is 5.81. The molecule has 0 spiro atoms. The van der Waals surface area contributed by atoms with Crippen molar-refractivity contribution in [1.29, 1.82) is 0 Å². The predicted molar refractivity (Wildman–Crippen MR) is 67.2 cm³/mol. The minimum Gasteiger partial charge on any atom is -0.309 e. The fourth-order valence-corrected chi connectivity index (χ4v) is 1.96. The molecule has 0 radical (unpaired) electrons. The highest BCUT2D eigenvalue weighted by Gasteiger charge is 2.06. The van der Waals surface area contributed by atoms with Crippen LogP contribution in [0.3, 0.4) is 0 Å². The number of rotatable bonds is 3. The third-order valence-electron chi connectivity index (χ3n) is 2.83. The molecular formula is C13H17N3O. The van der Waals surface area contributed by atoms with Gasteiger partial charge in [0.2, 0.25) is 0 Å². The summed E-state index contributed by atoms with van der Waals surface area (Å²) in [5.41, 5.74) is 2.89. The molecule has 0 bridgehead atoms. The zero-order valence-electron chi connectivity index (χ0n) is 10.5. The lowest BCUT2D eigenvalue weighted by Gasteiger charge is -2.07. The van der Waals surface area contributed by atoms with Crippen LogP contribution in [0, 0.1) is 13.8 Å². The van der Waals surface area contributed by atoms with Gasteiger partial charge in [-0.05, 0) is 32.9 Å². The summed E-state index contributed by atoms with van der Waals surface area (Å²) in [7, 11) is 0. The normalized spacial score (nSPS) is 10.8. The molecule has 2 aromatic heterocycles. The van der Waals surface area contributed by atoms with Gasteiger partial charge in [0, 0.05) is 18.3 Å². The van der Waals surface area contributed by atoms with E-state index in [1.54, 1.807) is 4.57 Å². The molecule has 17 heavy (non-hydrogen) atoms. The van der Waals surface area contributed by atoms with Crippen molar-refractivity contribution in [3.63, 3.8) is 0 Å². The van der Waals surface area contributed by atoms with E-state index in [2.05, 4.69) is 12.0 Å². The molecule has 90 valence electrons. The van der Waals surface area contributed by atoms with E-state index in [1.165, 1.54) is 0 Å². The minimum absolute atomic E-state index is 0.0639. The van der Waals surface area contributed by atoms with Gasteiger partial charge in [-0.25, -0.2) is 0 Å². The van der Waals surface area contributed by atoms with Crippen LogP contribution in [0.2, 0.25) is 0 Å². The SMILES string of the molecule is CCn1nc(C)cc1Cn1cccc(C)c1=O. The Balaban J connectivity index is 2.37. The van der Waals surface area contributed by atoms with Gasteiger partial charge in [0.1, 0.15) is 0 Å². The van der Waals surface area contributed by atoms with Crippen LogP contribution >= 0.6 is 0 Å². The van der Waals surface area contributed by atoms with Crippen LogP contribution in [0.15, 0.2) is 29.2 Å². The standard InChI is InChI=1S/C13H17N3O/c1-4-16-12(8-11(3)14-16)9-15-7-5-6-10(2)13(15)17/h5-8H,4,9H2,1-3H3. The molecule has 0 aromatic carbocycles. The van der Waals surface area contributed by atoms with Crippen molar-refractivity contribution in [3.05, 3.63) is 51.7 Å². The Labute approximate surface area is 101 Å². The smallest absolute Gasteiger partial charge is 0.253 e. The van der Waals surface area contributed by atoms with E-state index in [9.17, 15) is 4.79 Å². The molecule has 0 aliphatic carbocycles. The molecule has 2 heterocycles. The second-order valence-electron chi connectivity index (χ2n) is 4.22. The number of hydrogen-bond acceptors (Lipinski definition) is 2. The average Bonchev–Trinajstić information content (AvgIpc) is 2.65. The molecule has 4 heteroatoms. The second-order valence-corrected chi connectivity index (χ2v) is 4.22. The first-order valence-electron chi connectivity index (χ1n) is 5.81. The zero-order valence-corrected chi connectivity index (χ0v) is 10.5. The Morgan fingerprint density at radius 2 is 2.12 bits per heavy atom. The maximum absolute atomic E-state index is 11.9. The quantitative estimate of drug-likeness (QED) is 0.807. The van der Waals surface area contributed by atoms with E-state index in [0.717, 1.165) is 23.5 Å². The van der Waals surface area contributed by atoms with Crippen molar-refractivity contribution < 1.29 is 0 Å². The van der Waals surface area contributed by atoms with E-state index in [1.807, 2.05) is 42.9 Å². The topological polar surface area (TPSA) is 39.8 Å². The molecule has 0 aliphatic heterocycles. The molecule has 0 amide bonds. The molecule has 0 fully saturated rings. The summed E-state index contributed by atoms with van der Waals surface area (Å²) in [5, 5.41) is 4.38. The van der Waals surface area contributed by atoms with Crippen molar-refractivity contribution in [2.24, 2.45) is 0 Å². The van der Waals surface area contributed by atoms with Crippen LogP contribution in [0.25, 0.3) is 0 Å². The lowest BCUT2D eigenvalue weighted by Crippen LogP contribution is -2.23. The monoisotopic (exact) mass is 231 g/mol. The highest BCUT2D eigenvalue weighted by Crippen LogP contribution is 2.05. The Morgan fingerprint density at radius 3 is 2.82 bits per heavy atom. The molecule has 0 saturated heterocycles. The third kappa shape index (κ3) is 2.30. The molecule has 0 unspecified atom stereocenters.